The van der Waals surface area contributed by atoms with E-state index in [0.717, 1.165) is 5.56 Å². The molecule has 0 fully saturated rings. The van der Waals surface area contributed by atoms with E-state index < -0.39 is 0 Å². The highest BCUT2D eigenvalue weighted by Gasteiger charge is 2.35. The number of imide groups is 1. The van der Waals surface area contributed by atoms with Gasteiger partial charge in [-0.2, -0.15) is 0 Å². The van der Waals surface area contributed by atoms with Gasteiger partial charge < -0.3 is 10.1 Å². The van der Waals surface area contributed by atoms with Crippen LogP contribution in [0.3, 0.4) is 0 Å². The molecule has 1 aromatic heterocycles. The smallest absolute Gasteiger partial charge is 0.261 e. The molecule has 2 heterocycles. The monoisotopic (exact) mass is 415 g/mol. The third kappa shape index (κ3) is 4.02. The van der Waals surface area contributed by atoms with E-state index in [1.807, 2.05) is 19.9 Å². The first-order valence-electron chi connectivity index (χ1n) is 9.93. The normalized spacial score (nSPS) is 12.6. The molecule has 31 heavy (non-hydrogen) atoms. The van der Waals surface area contributed by atoms with Crippen LogP contribution in [0.5, 0.6) is 5.75 Å². The number of amides is 3. The highest BCUT2D eigenvalue weighted by molar-refractivity contribution is 6.21. The van der Waals surface area contributed by atoms with Crippen molar-refractivity contribution in [2.24, 2.45) is 0 Å². The molecule has 0 atom stereocenters. The highest BCUT2D eigenvalue weighted by atomic mass is 16.5. The lowest BCUT2D eigenvalue weighted by molar-refractivity contribution is 0.0642. The first-order chi connectivity index (χ1) is 15.0. The van der Waals surface area contributed by atoms with Crippen molar-refractivity contribution in [1.82, 2.24) is 9.88 Å². The Morgan fingerprint density at radius 2 is 1.74 bits per heavy atom. The molecule has 156 valence electrons. The average Bonchev–Trinajstić information content (AvgIpc) is 3.00. The van der Waals surface area contributed by atoms with E-state index in [0.29, 0.717) is 40.4 Å². The molecule has 2 aromatic carbocycles. The Morgan fingerprint density at radius 1 is 1.03 bits per heavy atom. The molecular formula is C24H21N3O4. The second-order valence-electron chi connectivity index (χ2n) is 7.18. The maximum absolute atomic E-state index is 12.9. The summed E-state index contributed by atoms with van der Waals surface area (Å²) < 4.78 is 5.61. The van der Waals surface area contributed by atoms with Crippen LogP contribution in [-0.4, -0.2) is 34.2 Å². The summed E-state index contributed by atoms with van der Waals surface area (Å²) in [5, 5.41) is 2.77. The number of hydrogen-bond donors (Lipinski definition) is 1. The minimum atomic E-state index is -0.384. The maximum atomic E-state index is 12.9. The Kier molecular flexibility index (Phi) is 5.49. The molecule has 3 aromatic rings. The van der Waals surface area contributed by atoms with Crippen LogP contribution in [0, 0.1) is 6.92 Å². The van der Waals surface area contributed by atoms with Crippen molar-refractivity contribution in [3.05, 3.63) is 88.6 Å². The van der Waals surface area contributed by atoms with Crippen molar-refractivity contribution in [2.75, 3.05) is 11.9 Å². The van der Waals surface area contributed by atoms with Gasteiger partial charge in [-0.25, -0.2) is 4.98 Å². The molecule has 0 aliphatic carbocycles. The van der Waals surface area contributed by atoms with Crippen LogP contribution < -0.4 is 10.1 Å². The third-order valence-corrected chi connectivity index (χ3v) is 4.96. The number of ether oxygens (including phenoxy) is 1. The predicted molar refractivity (Wildman–Crippen MR) is 115 cm³/mol. The van der Waals surface area contributed by atoms with Gasteiger partial charge in [0.1, 0.15) is 11.6 Å². The van der Waals surface area contributed by atoms with Crippen molar-refractivity contribution in [3.8, 4) is 5.75 Å². The van der Waals surface area contributed by atoms with Gasteiger partial charge in [0.2, 0.25) is 0 Å². The standard InChI is InChI=1S/C24H21N3O4/c1-3-31-20-9-8-16(13-19(20)22(28)26-21-12-15(2)10-11-25-21)14-27-23(29)17-6-4-5-7-18(17)24(27)30/h4-13H,3,14H2,1-2H3,(H,25,26,28). The van der Waals surface area contributed by atoms with Gasteiger partial charge in [-0.1, -0.05) is 18.2 Å². The Morgan fingerprint density at radius 3 is 2.39 bits per heavy atom. The van der Waals surface area contributed by atoms with E-state index >= 15 is 0 Å². The fourth-order valence-corrected chi connectivity index (χ4v) is 3.49. The molecule has 0 radical (unpaired) electrons. The van der Waals surface area contributed by atoms with Crippen LogP contribution in [-0.2, 0) is 6.54 Å². The van der Waals surface area contributed by atoms with Crippen LogP contribution in [0.2, 0.25) is 0 Å². The number of rotatable bonds is 6. The molecule has 4 rings (SSSR count). The van der Waals surface area contributed by atoms with Gasteiger partial charge in [0.25, 0.3) is 17.7 Å². The summed E-state index contributed by atoms with van der Waals surface area (Å²) >= 11 is 0. The van der Waals surface area contributed by atoms with Gasteiger partial charge in [0, 0.05) is 6.20 Å². The molecule has 0 saturated carbocycles. The van der Waals surface area contributed by atoms with Gasteiger partial charge in [0.05, 0.1) is 29.8 Å². The van der Waals surface area contributed by atoms with E-state index in [9.17, 15) is 14.4 Å². The molecule has 1 aliphatic heterocycles. The Bertz CT molecular complexity index is 1150. The van der Waals surface area contributed by atoms with Gasteiger partial charge in [-0.05, 0) is 61.4 Å². The minimum Gasteiger partial charge on any atom is -0.493 e. The fraction of sp³-hybridized carbons (Fsp3) is 0.167. The predicted octanol–water partition coefficient (Wildman–Crippen LogP) is 3.84. The van der Waals surface area contributed by atoms with E-state index in [1.165, 1.54) is 4.90 Å². The Hall–Kier alpha value is -4.00. The maximum Gasteiger partial charge on any atom is 0.261 e. The van der Waals surface area contributed by atoms with E-state index in [-0.39, 0.29) is 24.3 Å². The van der Waals surface area contributed by atoms with Crippen molar-refractivity contribution in [3.63, 3.8) is 0 Å². The van der Waals surface area contributed by atoms with Gasteiger partial charge >= 0.3 is 0 Å². The molecule has 1 aliphatic rings. The first-order valence-corrected chi connectivity index (χ1v) is 9.93. The van der Waals surface area contributed by atoms with Gasteiger partial charge in [0.15, 0.2) is 0 Å². The lowest BCUT2D eigenvalue weighted by Crippen LogP contribution is -2.29. The summed E-state index contributed by atoms with van der Waals surface area (Å²) in [5.74, 6) is -0.225. The molecular weight excluding hydrogens is 394 g/mol. The van der Waals surface area contributed by atoms with Crippen LogP contribution in [0.25, 0.3) is 0 Å². The zero-order valence-corrected chi connectivity index (χ0v) is 17.2. The number of hydrogen-bond acceptors (Lipinski definition) is 5. The quantitative estimate of drug-likeness (QED) is 0.618. The topological polar surface area (TPSA) is 88.6 Å². The number of pyridine rings is 1. The first kappa shape index (κ1) is 20.3. The van der Waals surface area contributed by atoms with Crippen molar-refractivity contribution < 1.29 is 19.1 Å². The van der Waals surface area contributed by atoms with Crippen LogP contribution in [0.1, 0.15) is 49.1 Å². The summed E-state index contributed by atoms with van der Waals surface area (Å²) in [5.41, 5.74) is 2.69. The zero-order chi connectivity index (χ0) is 22.0. The van der Waals surface area contributed by atoms with Crippen molar-refractivity contribution in [2.45, 2.75) is 20.4 Å². The van der Waals surface area contributed by atoms with E-state index in [4.69, 9.17) is 4.74 Å². The fourth-order valence-electron chi connectivity index (χ4n) is 3.49. The number of carbonyl (C=O) groups excluding carboxylic acids is 3. The molecule has 0 unspecified atom stereocenters. The third-order valence-electron chi connectivity index (χ3n) is 4.96. The number of aromatic nitrogens is 1. The molecule has 3 amide bonds. The number of carbonyl (C=O) groups is 3. The molecule has 7 heteroatoms. The largest absolute Gasteiger partial charge is 0.493 e. The lowest BCUT2D eigenvalue weighted by Gasteiger charge is -2.16. The molecule has 0 bridgehead atoms. The number of aryl methyl sites for hydroxylation is 1. The van der Waals surface area contributed by atoms with E-state index in [2.05, 4.69) is 10.3 Å². The summed E-state index contributed by atoms with van der Waals surface area (Å²) in [4.78, 5) is 43.6. The number of benzene rings is 2. The summed E-state index contributed by atoms with van der Waals surface area (Å²) in [6.07, 6.45) is 1.62. The Labute approximate surface area is 179 Å². The number of nitrogens with one attached hydrogen (secondary N) is 1. The van der Waals surface area contributed by atoms with Crippen molar-refractivity contribution >= 4 is 23.5 Å². The van der Waals surface area contributed by atoms with Gasteiger partial charge in [-0.15, -0.1) is 0 Å². The summed E-state index contributed by atoms with van der Waals surface area (Å²) in [6.45, 7) is 4.19. The molecule has 1 N–H and O–H groups in total. The van der Waals surface area contributed by atoms with Gasteiger partial charge in [-0.3, -0.25) is 19.3 Å². The highest BCUT2D eigenvalue weighted by Crippen LogP contribution is 2.27. The molecule has 0 saturated heterocycles. The van der Waals surface area contributed by atoms with Crippen LogP contribution in [0.15, 0.2) is 60.8 Å². The minimum absolute atomic E-state index is 0.0573. The number of anilines is 1. The molecule has 0 spiro atoms. The van der Waals surface area contributed by atoms with Crippen LogP contribution >= 0.6 is 0 Å². The van der Waals surface area contributed by atoms with Crippen molar-refractivity contribution in [1.29, 1.82) is 0 Å². The lowest BCUT2D eigenvalue weighted by atomic mass is 10.1. The average molecular weight is 415 g/mol. The summed E-state index contributed by atoms with van der Waals surface area (Å²) in [6, 6.07) is 15.4. The number of fused-ring (bicyclic) bond motifs is 1. The van der Waals surface area contributed by atoms with Crippen LogP contribution in [0.4, 0.5) is 5.82 Å². The second-order valence-corrected chi connectivity index (χ2v) is 7.18. The summed E-state index contributed by atoms with van der Waals surface area (Å²) in [7, 11) is 0. The van der Waals surface area contributed by atoms with E-state index in [1.54, 1.807) is 54.7 Å². The molecule has 7 nitrogen and oxygen atoms in total. The second kappa shape index (κ2) is 8.39. The Balaban J connectivity index is 1.61. The SMILES string of the molecule is CCOc1ccc(CN2C(=O)c3ccccc3C2=O)cc1C(=O)Nc1cc(C)ccn1. The number of nitrogens with zero attached hydrogens (tertiary/aromatic N) is 2. The zero-order valence-electron chi connectivity index (χ0n) is 17.2.